The summed E-state index contributed by atoms with van der Waals surface area (Å²) in [6, 6.07) is 11.8. The summed E-state index contributed by atoms with van der Waals surface area (Å²) in [5.74, 6) is 2.55. The van der Waals surface area contributed by atoms with Crippen molar-refractivity contribution in [2.45, 2.75) is 39.2 Å². The molecule has 0 radical (unpaired) electrons. The van der Waals surface area contributed by atoms with Crippen molar-refractivity contribution in [3.8, 4) is 11.5 Å². The lowest BCUT2D eigenvalue weighted by atomic mass is 10.2. The molecule has 0 saturated heterocycles. The van der Waals surface area contributed by atoms with E-state index in [2.05, 4.69) is 17.2 Å². The largest absolute Gasteiger partial charge is 0.497 e. The van der Waals surface area contributed by atoms with Crippen LogP contribution >= 0.6 is 0 Å². The Morgan fingerprint density at radius 3 is 2.74 bits per heavy atom. The molecule has 0 aliphatic heterocycles. The molecular weight excluding hydrogens is 288 g/mol. The number of nitrogens with one attached hydrogen (secondary N) is 1. The molecule has 4 heteroatoms. The summed E-state index contributed by atoms with van der Waals surface area (Å²) < 4.78 is 11.3. The molecule has 0 aliphatic rings. The average molecular weight is 314 g/mol. The van der Waals surface area contributed by atoms with Gasteiger partial charge in [0, 0.05) is 24.4 Å². The Kier molecular flexibility index (Phi) is 7.24. The van der Waals surface area contributed by atoms with Gasteiger partial charge in [0.1, 0.15) is 17.3 Å². The summed E-state index contributed by atoms with van der Waals surface area (Å²) in [4.78, 5) is 4.28. The number of methoxy groups -OCH3 is 1. The van der Waals surface area contributed by atoms with E-state index in [4.69, 9.17) is 9.47 Å². The van der Waals surface area contributed by atoms with E-state index in [-0.39, 0.29) is 0 Å². The zero-order chi connectivity index (χ0) is 16.3. The number of aromatic nitrogens is 1. The van der Waals surface area contributed by atoms with Gasteiger partial charge in [-0.25, -0.2) is 4.98 Å². The third-order valence-electron chi connectivity index (χ3n) is 3.65. The summed E-state index contributed by atoms with van der Waals surface area (Å²) in [6.45, 7) is 3.62. The number of ether oxygens (including phenoxy) is 2. The van der Waals surface area contributed by atoms with Gasteiger partial charge in [0.2, 0.25) is 0 Å². The van der Waals surface area contributed by atoms with Crippen LogP contribution in [0.4, 0.5) is 5.82 Å². The fraction of sp³-hybridized carbons (Fsp3) is 0.421. The van der Waals surface area contributed by atoms with Crippen molar-refractivity contribution in [3.63, 3.8) is 0 Å². The predicted octanol–water partition coefficient (Wildman–Crippen LogP) is 4.66. The lowest BCUT2D eigenvalue weighted by Crippen LogP contribution is -2.05. The van der Waals surface area contributed by atoms with Gasteiger partial charge in [-0.3, -0.25) is 0 Å². The van der Waals surface area contributed by atoms with Gasteiger partial charge >= 0.3 is 0 Å². The van der Waals surface area contributed by atoms with Crippen LogP contribution in [0.1, 0.15) is 38.2 Å². The highest BCUT2D eigenvalue weighted by atomic mass is 16.5. The van der Waals surface area contributed by atoms with Crippen molar-refractivity contribution in [2.24, 2.45) is 0 Å². The smallest absolute Gasteiger partial charge is 0.127 e. The first-order valence-corrected chi connectivity index (χ1v) is 8.28. The van der Waals surface area contributed by atoms with E-state index < -0.39 is 0 Å². The Hall–Kier alpha value is -2.23. The minimum absolute atomic E-state index is 0.672. The van der Waals surface area contributed by atoms with Gasteiger partial charge in [-0.15, -0.1) is 0 Å². The Labute approximate surface area is 138 Å². The second kappa shape index (κ2) is 9.72. The SMILES string of the molecule is CCCCCCOc1cc(OC)ccc1CNc1ccccn1. The number of benzene rings is 1. The minimum atomic E-state index is 0.672. The Bertz CT molecular complexity index is 573. The van der Waals surface area contributed by atoms with Crippen molar-refractivity contribution < 1.29 is 9.47 Å². The number of rotatable bonds is 10. The average Bonchev–Trinajstić information content (AvgIpc) is 2.61. The third-order valence-corrected chi connectivity index (χ3v) is 3.65. The van der Waals surface area contributed by atoms with Crippen LogP contribution in [0.2, 0.25) is 0 Å². The molecule has 0 atom stereocenters. The quantitative estimate of drug-likeness (QED) is 0.648. The Balaban J connectivity index is 1.96. The van der Waals surface area contributed by atoms with Gasteiger partial charge in [-0.2, -0.15) is 0 Å². The summed E-state index contributed by atoms with van der Waals surface area (Å²) in [6.07, 6.45) is 6.57. The molecule has 0 fully saturated rings. The van der Waals surface area contributed by atoms with Crippen LogP contribution in [0, 0.1) is 0 Å². The van der Waals surface area contributed by atoms with Crippen molar-refractivity contribution in [2.75, 3.05) is 19.0 Å². The molecule has 0 spiro atoms. The maximum absolute atomic E-state index is 5.97. The minimum Gasteiger partial charge on any atom is -0.497 e. The first-order valence-electron chi connectivity index (χ1n) is 8.28. The molecule has 2 aromatic rings. The van der Waals surface area contributed by atoms with Gasteiger partial charge < -0.3 is 14.8 Å². The van der Waals surface area contributed by atoms with Gasteiger partial charge in [-0.1, -0.05) is 32.3 Å². The number of nitrogens with zero attached hydrogens (tertiary/aromatic N) is 1. The molecular formula is C19H26N2O2. The molecule has 0 saturated carbocycles. The van der Waals surface area contributed by atoms with Crippen LogP contribution in [0.15, 0.2) is 42.6 Å². The highest BCUT2D eigenvalue weighted by Gasteiger charge is 2.06. The molecule has 0 amide bonds. The topological polar surface area (TPSA) is 43.4 Å². The van der Waals surface area contributed by atoms with Crippen molar-refractivity contribution in [1.29, 1.82) is 0 Å². The van der Waals surface area contributed by atoms with Gasteiger partial charge in [0.15, 0.2) is 0 Å². The standard InChI is InChI=1S/C19H26N2O2/c1-3-4-5-8-13-23-18-14-17(22-2)11-10-16(18)15-21-19-9-6-7-12-20-19/h6-7,9-12,14H,3-5,8,13,15H2,1-2H3,(H,20,21). The maximum Gasteiger partial charge on any atom is 0.127 e. The zero-order valence-corrected chi connectivity index (χ0v) is 14.0. The second-order valence-electron chi connectivity index (χ2n) is 5.45. The number of pyridine rings is 1. The van der Waals surface area contributed by atoms with Crippen LogP contribution in [0.3, 0.4) is 0 Å². The number of hydrogen-bond acceptors (Lipinski definition) is 4. The fourth-order valence-electron chi connectivity index (χ4n) is 2.31. The lowest BCUT2D eigenvalue weighted by Gasteiger charge is -2.14. The highest BCUT2D eigenvalue weighted by Crippen LogP contribution is 2.26. The van der Waals surface area contributed by atoms with Gasteiger partial charge in [0.05, 0.1) is 13.7 Å². The molecule has 23 heavy (non-hydrogen) atoms. The Morgan fingerprint density at radius 2 is 2.00 bits per heavy atom. The second-order valence-corrected chi connectivity index (χ2v) is 5.45. The zero-order valence-electron chi connectivity index (χ0n) is 14.0. The van der Waals surface area contributed by atoms with E-state index in [1.165, 1.54) is 19.3 Å². The molecule has 0 aliphatic carbocycles. The molecule has 0 bridgehead atoms. The molecule has 1 heterocycles. The summed E-state index contributed by atoms with van der Waals surface area (Å²) >= 11 is 0. The van der Waals surface area contributed by atoms with E-state index in [9.17, 15) is 0 Å². The third kappa shape index (κ3) is 5.81. The van der Waals surface area contributed by atoms with Gasteiger partial charge in [-0.05, 0) is 30.7 Å². The summed E-state index contributed by atoms with van der Waals surface area (Å²) in [5.41, 5.74) is 1.10. The monoisotopic (exact) mass is 314 g/mol. The Morgan fingerprint density at radius 1 is 1.09 bits per heavy atom. The highest BCUT2D eigenvalue weighted by molar-refractivity contribution is 5.43. The summed E-state index contributed by atoms with van der Waals surface area (Å²) in [7, 11) is 1.67. The van der Waals surface area contributed by atoms with Crippen LogP contribution in [0.5, 0.6) is 11.5 Å². The van der Waals surface area contributed by atoms with Crippen LogP contribution in [-0.2, 0) is 6.54 Å². The molecule has 1 N–H and O–H groups in total. The van der Waals surface area contributed by atoms with E-state index in [0.717, 1.165) is 35.9 Å². The maximum atomic E-state index is 5.97. The molecule has 1 aromatic heterocycles. The number of hydrogen-bond donors (Lipinski definition) is 1. The van der Waals surface area contributed by atoms with Crippen LogP contribution < -0.4 is 14.8 Å². The predicted molar refractivity (Wildman–Crippen MR) is 94.2 cm³/mol. The fourth-order valence-corrected chi connectivity index (χ4v) is 2.31. The number of anilines is 1. The molecule has 124 valence electrons. The molecule has 4 nitrogen and oxygen atoms in total. The van der Waals surface area contributed by atoms with Crippen LogP contribution in [-0.4, -0.2) is 18.7 Å². The van der Waals surface area contributed by atoms with E-state index in [1.807, 2.05) is 36.4 Å². The summed E-state index contributed by atoms with van der Waals surface area (Å²) in [5, 5.41) is 3.32. The van der Waals surface area contributed by atoms with Crippen molar-refractivity contribution >= 4 is 5.82 Å². The van der Waals surface area contributed by atoms with Crippen molar-refractivity contribution in [3.05, 3.63) is 48.2 Å². The molecule has 1 aromatic carbocycles. The molecule has 0 unspecified atom stereocenters. The first-order chi connectivity index (χ1) is 11.3. The van der Waals surface area contributed by atoms with E-state index >= 15 is 0 Å². The van der Waals surface area contributed by atoms with E-state index in [0.29, 0.717) is 6.54 Å². The normalized spacial score (nSPS) is 10.3. The van der Waals surface area contributed by atoms with E-state index in [1.54, 1.807) is 13.3 Å². The lowest BCUT2D eigenvalue weighted by molar-refractivity contribution is 0.300. The first kappa shape index (κ1) is 17.1. The van der Waals surface area contributed by atoms with Crippen molar-refractivity contribution in [1.82, 2.24) is 4.98 Å². The number of unbranched alkanes of at least 4 members (excludes halogenated alkanes) is 3. The van der Waals surface area contributed by atoms with Crippen LogP contribution in [0.25, 0.3) is 0 Å². The van der Waals surface area contributed by atoms with Gasteiger partial charge in [0.25, 0.3) is 0 Å². The molecule has 2 rings (SSSR count).